The van der Waals surface area contributed by atoms with Gasteiger partial charge in [-0.3, -0.25) is 0 Å². The van der Waals surface area contributed by atoms with Gasteiger partial charge in [0.2, 0.25) is 0 Å². The molecule has 0 radical (unpaired) electrons. The summed E-state index contributed by atoms with van der Waals surface area (Å²) in [5.74, 6) is 0.947. The Morgan fingerprint density at radius 2 is 1.52 bits per heavy atom. The Morgan fingerprint density at radius 3 is 2.19 bits per heavy atom. The van der Waals surface area contributed by atoms with E-state index in [0.717, 1.165) is 38.2 Å². The molecule has 1 aromatic heterocycles. The zero-order chi connectivity index (χ0) is 22.0. The predicted molar refractivity (Wildman–Crippen MR) is 119 cm³/mol. The molecule has 0 N–H and O–H groups in total. The molecule has 0 aliphatic heterocycles. The number of benzene rings is 3. The lowest BCUT2D eigenvalue weighted by molar-refractivity contribution is -0.137. The quantitative estimate of drug-likeness (QED) is 0.308. The highest BCUT2D eigenvalue weighted by atomic mass is 32.1. The number of thiazole rings is 1. The molecule has 0 fully saturated rings. The van der Waals surface area contributed by atoms with E-state index in [1.54, 1.807) is 24.5 Å². The molecule has 0 saturated heterocycles. The van der Waals surface area contributed by atoms with Gasteiger partial charge in [0.25, 0.3) is 0 Å². The molecule has 3 nitrogen and oxygen atoms in total. The molecule has 158 valence electrons. The van der Waals surface area contributed by atoms with Crippen molar-refractivity contribution in [3.05, 3.63) is 77.4 Å². The maximum absolute atomic E-state index is 13.4. The van der Waals surface area contributed by atoms with Crippen molar-refractivity contribution in [1.82, 2.24) is 4.98 Å². The monoisotopic (exact) mass is 441 g/mol. The molecule has 0 aliphatic rings. The van der Waals surface area contributed by atoms with Crippen molar-refractivity contribution < 1.29 is 22.6 Å². The SMILES string of the molecule is COc1ccc(/C=C/c2ccc(-c3nc4ccc(OC)cc4s3)cc2)c(C(F)(F)F)c1. The van der Waals surface area contributed by atoms with Crippen LogP contribution in [0.15, 0.2) is 60.7 Å². The van der Waals surface area contributed by atoms with Crippen molar-refractivity contribution in [3.8, 4) is 22.1 Å². The van der Waals surface area contributed by atoms with Gasteiger partial charge in [-0.1, -0.05) is 42.5 Å². The molecule has 0 bridgehead atoms. The lowest BCUT2D eigenvalue weighted by Gasteiger charge is -2.12. The summed E-state index contributed by atoms with van der Waals surface area (Å²) in [6.07, 6.45) is -1.35. The van der Waals surface area contributed by atoms with Crippen molar-refractivity contribution >= 4 is 33.7 Å². The van der Waals surface area contributed by atoms with Crippen LogP contribution >= 0.6 is 11.3 Å². The van der Waals surface area contributed by atoms with Crippen molar-refractivity contribution in [2.75, 3.05) is 14.2 Å². The molecule has 0 unspecified atom stereocenters. The molecule has 0 atom stereocenters. The van der Waals surface area contributed by atoms with Crippen molar-refractivity contribution in [1.29, 1.82) is 0 Å². The number of alkyl halides is 3. The number of rotatable bonds is 5. The Bertz CT molecular complexity index is 1240. The fraction of sp³-hybridized carbons (Fsp3) is 0.125. The second kappa shape index (κ2) is 8.43. The molecular formula is C24H18F3NO2S. The number of fused-ring (bicyclic) bond motifs is 1. The van der Waals surface area contributed by atoms with Crippen LogP contribution in [0.3, 0.4) is 0 Å². The molecule has 0 spiro atoms. The number of ether oxygens (including phenoxy) is 2. The fourth-order valence-electron chi connectivity index (χ4n) is 3.13. The zero-order valence-electron chi connectivity index (χ0n) is 16.7. The van der Waals surface area contributed by atoms with Gasteiger partial charge in [-0.25, -0.2) is 4.98 Å². The van der Waals surface area contributed by atoms with Gasteiger partial charge in [-0.05, 0) is 41.5 Å². The lowest BCUT2D eigenvalue weighted by atomic mass is 10.0. The number of aromatic nitrogens is 1. The predicted octanol–water partition coefficient (Wildman–Crippen LogP) is 7.17. The first-order valence-electron chi connectivity index (χ1n) is 9.36. The normalized spacial score (nSPS) is 11.9. The minimum Gasteiger partial charge on any atom is -0.497 e. The van der Waals surface area contributed by atoms with Crippen LogP contribution in [0.25, 0.3) is 32.9 Å². The third kappa shape index (κ3) is 4.56. The lowest BCUT2D eigenvalue weighted by Crippen LogP contribution is -2.07. The number of halogens is 3. The summed E-state index contributed by atoms with van der Waals surface area (Å²) in [6.45, 7) is 0. The molecule has 7 heteroatoms. The van der Waals surface area contributed by atoms with E-state index in [1.165, 1.54) is 25.3 Å². The van der Waals surface area contributed by atoms with Crippen molar-refractivity contribution in [3.63, 3.8) is 0 Å². The Hall–Kier alpha value is -3.32. The van der Waals surface area contributed by atoms with Gasteiger partial charge in [-0.15, -0.1) is 11.3 Å². The van der Waals surface area contributed by atoms with Gasteiger partial charge in [0.15, 0.2) is 0 Å². The zero-order valence-corrected chi connectivity index (χ0v) is 17.6. The van der Waals surface area contributed by atoms with E-state index in [9.17, 15) is 13.2 Å². The maximum Gasteiger partial charge on any atom is 0.417 e. The first kappa shape index (κ1) is 20.9. The summed E-state index contributed by atoms with van der Waals surface area (Å²) in [5.41, 5.74) is 1.97. The van der Waals surface area contributed by atoms with Crippen LogP contribution in [0, 0.1) is 0 Å². The summed E-state index contributed by atoms with van der Waals surface area (Å²) in [6, 6.07) is 17.2. The Kier molecular flexibility index (Phi) is 5.69. The molecule has 4 aromatic rings. The molecule has 0 saturated carbocycles. The summed E-state index contributed by atoms with van der Waals surface area (Å²) >= 11 is 1.56. The molecule has 0 aliphatic carbocycles. The van der Waals surface area contributed by atoms with Crippen LogP contribution in [0.1, 0.15) is 16.7 Å². The van der Waals surface area contributed by atoms with E-state index < -0.39 is 11.7 Å². The number of hydrogen-bond acceptors (Lipinski definition) is 4. The molecule has 0 amide bonds. The van der Waals surface area contributed by atoms with Gasteiger partial charge in [0, 0.05) is 5.56 Å². The molecule has 4 rings (SSSR count). The number of nitrogens with zero attached hydrogens (tertiary/aromatic N) is 1. The largest absolute Gasteiger partial charge is 0.497 e. The summed E-state index contributed by atoms with van der Waals surface area (Å²) in [5, 5.41) is 0.869. The highest BCUT2D eigenvalue weighted by Crippen LogP contribution is 2.36. The molecule has 1 heterocycles. The van der Waals surface area contributed by atoms with Crippen LogP contribution in [0.2, 0.25) is 0 Å². The third-order valence-electron chi connectivity index (χ3n) is 4.77. The minimum absolute atomic E-state index is 0.0810. The van der Waals surface area contributed by atoms with E-state index >= 15 is 0 Å². The van der Waals surface area contributed by atoms with E-state index in [2.05, 4.69) is 4.98 Å². The van der Waals surface area contributed by atoms with Crippen LogP contribution in [-0.2, 0) is 6.18 Å². The highest BCUT2D eigenvalue weighted by molar-refractivity contribution is 7.21. The van der Waals surface area contributed by atoms with Crippen LogP contribution < -0.4 is 9.47 Å². The van der Waals surface area contributed by atoms with Crippen molar-refractivity contribution in [2.24, 2.45) is 0 Å². The second-order valence-corrected chi connectivity index (χ2v) is 7.79. The van der Waals surface area contributed by atoms with Gasteiger partial charge < -0.3 is 9.47 Å². The molecule has 31 heavy (non-hydrogen) atoms. The van der Waals surface area contributed by atoms with E-state index in [0.29, 0.717) is 0 Å². The highest BCUT2D eigenvalue weighted by Gasteiger charge is 2.33. The summed E-state index contributed by atoms with van der Waals surface area (Å²) in [7, 11) is 2.97. The summed E-state index contributed by atoms with van der Waals surface area (Å²) < 4.78 is 51.3. The topological polar surface area (TPSA) is 31.4 Å². The average Bonchev–Trinajstić information content (AvgIpc) is 3.20. The van der Waals surface area contributed by atoms with Gasteiger partial charge in [-0.2, -0.15) is 13.2 Å². The minimum atomic E-state index is -4.46. The smallest absolute Gasteiger partial charge is 0.417 e. The average molecular weight is 441 g/mol. The maximum atomic E-state index is 13.4. The molecular weight excluding hydrogens is 423 g/mol. The van der Waals surface area contributed by atoms with E-state index in [4.69, 9.17) is 9.47 Å². The van der Waals surface area contributed by atoms with Crippen LogP contribution in [0.4, 0.5) is 13.2 Å². The summed E-state index contributed by atoms with van der Waals surface area (Å²) in [4.78, 5) is 4.64. The van der Waals surface area contributed by atoms with E-state index in [1.807, 2.05) is 42.5 Å². The number of methoxy groups -OCH3 is 2. The van der Waals surface area contributed by atoms with Gasteiger partial charge in [0.1, 0.15) is 16.5 Å². The number of hydrogen-bond donors (Lipinski definition) is 0. The van der Waals surface area contributed by atoms with Crippen molar-refractivity contribution in [2.45, 2.75) is 6.18 Å². The Morgan fingerprint density at radius 1 is 0.839 bits per heavy atom. The first-order chi connectivity index (χ1) is 14.9. The van der Waals surface area contributed by atoms with Crippen LogP contribution in [0.5, 0.6) is 11.5 Å². The standard InChI is InChI=1S/C24H18F3NO2S/c1-29-18-10-9-16(20(13-18)24(25,26)27)6-3-15-4-7-17(8-5-15)23-28-21-12-11-19(30-2)14-22(21)31-23/h3-14H,1-2H3/b6-3+. The fourth-order valence-corrected chi connectivity index (χ4v) is 4.13. The van der Waals surface area contributed by atoms with Crippen LogP contribution in [-0.4, -0.2) is 19.2 Å². The van der Waals surface area contributed by atoms with E-state index in [-0.39, 0.29) is 11.3 Å². The first-order valence-corrected chi connectivity index (χ1v) is 10.2. The molecule has 3 aromatic carbocycles. The Labute approximate surface area is 181 Å². The second-order valence-electron chi connectivity index (χ2n) is 6.76. The third-order valence-corrected chi connectivity index (χ3v) is 5.84. The van der Waals surface area contributed by atoms with Gasteiger partial charge >= 0.3 is 6.18 Å². The Balaban J connectivity index is 1.59. The van der Waals surface area contributed by atoms with Gasteiger partial charge in [0.05, 0.1) is 30.0 Å².